The Morgan fingerprint density at radius 1 is 1.27 bits per heavy atom. The van der Waals surface area contributed by atoms with E-state index in [4.69, 9.17) is 4.74 Å². The van der Waals surface area contributed by atoms with Gasteiger partial charge in [-0.3, -0.25) is 0 Å². The molecule has 82 valence electrons. The zero-order valence-electron chi connectivity index (χ0n) is 9.34. The minimum absolute atomic E-state index is 0.731. The molecule has 0 aliphatic carbocycles. The van der Waals surface area contributed by atoms with Crippen LogP contribution in [-0.2, 0) is 24.1 Å². The van der Waals surface area contributed by atoms with Gasteiger partial charge in [0.25, 0.3) is 0 Å². The first-order chi connectivity index (χ1) is 7.31. The van der Waals surface area contributed by atoms with E-state index in [1.807, 2.05) is 7.05 Å². The Balaban J connectivity index is 2.35. The number of rotatable bonds is 2. The van der Waals surface area contributed by atoms with Gasteiger partial charge in [0.1, 0.15) is 5.82 Å². The van der Waals surface area contributed by atoms with Crippen molar-refractivity contribution in [3.05, 3.63) is 22.8 Å². The van der Waals surface area contributed by atoms with Crippen molar-refractivity contribution in [3.8, 4) is 0 Å². The third-order valence-corrected chi connectivity index (χ3v) is 2.66. The molecule has 1 aliphatic heterocycles. The fraction of sp³-hybridized carbons (Fsp3) is 0.636. The maximum atomic E-state index is 5.45. The summed E-state index contributed by atoms with van der Waals surface area (Å²) < 4.78 is 5.45. The predicted octanol–water partition coefficient (Wildman–Crippen LogP) is 0.620. The molecule has 0 unspecified atom stereocenters. The molecule has 1 aromatic rings. The molecule has 1 aromatic heterocycles. The van der Waals surface area contributed by atoms with Gasteiger partial charge in [0, 0.05) is 17.8 Å². The molecule has 0 radical (unpaired) electrons. The van der Waals surface area contributed by atoms with Crippen molar-refractivity contribution in [2.75, 3.05) is 20.3 Å². The van der Waals surface area contributed by atoms with Gasteiger partial charge in [-0.1, -0.05) is 0 Å². The summed E-state index contributed by atoms with van der Waals surface area (Å²) in [5.74, 6) is 0.885. The van der Waals surface area contributed by atoms with Gasteiger partial charge in [-0.2, -0.15) is 0 Å². The van der Waals surface area contributed by atoms with Crippen LogP contribution in [0.2, 0.25) is 0 Å². The van der Waals surface area contributed by atoms with Gasteiger partial charge >= 0.3 is 0 Å². The Labute approximate surface area is 90.1 Å². The molecule has 0 saturated heterocycles. The number of hydrogen-bond donors (Lipinski definition) is 1. The van der Waals surface area contributed by atoms with E-state index in [9.17, 15) is 0 Å². The van der Waals surface area contributed by atoms with E-state index in [1.54, 1.807) is 0 Å². The van der Waals surface area contributed by atoms with Gasteiger partial charge in [0.05, 0.1) is 19.8 Å². The van der Waals surface area contributed by atoms with Crippen molar-refractivity contribution in [1.82, 2.24) is 15.3 Å². The summed E-state index contributed by atoms with van der Waals surface area (Å²) in [6.45, 7) is 4.37. The molecule has 15 heavy (non-hydrogen) atoms. The zero-order chi connectivity index (χ0) is 10.7. The van der Waals surface area contributed by atoms with Crippen molar-refractivity contribution >= 4 is 0 Å². The van der Waals surface area contributed by atoms with Crippen molar-refractivity contribution in [1.29, 1.82) is 0 Å². The Morgan fingerprint density at radius 3 is 2.87 bits per heavy atom. The zero-order valence-corrected chi connectivity index (χ0v) is 9.34. The Kier molecular flexibility index (Phi) is 3.28. The summed E-state index contributed by atoms with van der Waals surface area (Å²) in [6.07, 6.45) is 1.86. The third-order valence-electron chi connectivity index (χ3n) is 2.66. The highest BCUT2D eigenvalue weighted by atomic mass is 16.5. The van der Waals surface area contributed by atoms with Crippen molar-refractivity contribution < 1.29 is 4.74 Å². The van der Waals surface area contributed by atoms with E-state index in [2.05, 4.69) is 22.2 Å². The highest BCUT2D eigenvalue weighted by Crippen LogP contribution is 2.15. The van der Waals surface area contributed by atoms with Crippen LogP contribution in [0.25, 0.3) is 0 Å². The number of ether oxygens (including phenoxy) is 1. The van der Waals surface area contributed by atoms with Crippen LogP contribution >= 0.6 is 0 Å². The predicted molar refractivity (Wildman–Crippen MR) is 57.8 cm³/mol. The summed E-state index contributed by atoms with van der Waals surface area (Å²) in [4.78, 5) is 9.06. The molecule has 4 nitrogen and oxygen atoms in total. The van der Waals surface area contributed by atoms with Crippen molar-refractivity contribution in [3.63, 3.8) is 0 Å². The van der Waals surface area contributed by atoms with Crippen LogP contribution in [0.3, 0.4) is 0 Å². The fourth-order valence-electron chi connectivity index (χ4n) is 1.93. The maximum absolute atomic E-state index is 5.45. The average molecular weight is 207 g/mol. The molecule has 1 N–H and O–H groups in total. The van der Waals surface area contributed by atoms with Gasteiger partial charge in [0.15, 0.2) is 0 Å². The van der Waals surface area contributed by atoms with Gasteiger partial charge in [-0.25, -0.2) is 9.97 Å². The van der Waals surface area contributed by atoms with Crippen LogP contribution in [0.5, 0.6) is 0 Å². The number of aromatic nitrogens is 2. The summed E-state index contributed by atoms with van der Waals surface area (Å²) in [7, 11) is 1.91. The average Bonchev–Trinajstić information content (AvgIpc) is 2.43. The Bertz CT molecular complexity index is 352. The molecule has 2 rings (SSSR count). The molecular formula is C11H17N3O. The van der Waals surface area contributed by atoms with Gasteiger partial charge in [-0.15, -0.1) is 0 Å². The molecule has 0 bridgehead atoms. The highest BCUT2D eigenvalue weighted by Gasteiger charge is 2.13. The van der Waals surface area contributed by atoms with E-state index in [1.165, 1.54) is 11.3 Å². The second kappa shape index (κ2) is 4.68. The first-order valence-corrected chi connectivity index (χ1v) is 5.39. The first kappa shape index (κ1) is 10.5. The summed E-state index contributed by atoms with van der Waals surface area (Å²) in [6, 6.07) is 0. The van der Waals surface area contributed by atoms with Crippen LogP contribution in [0.4, 0.5) is 0 Å². The monoisotopic (exact) mass is 207 g/mol. The molecular weight excluding hydrogens is 190 g/mol. The van der Waals surface area contributed by atoms with Crippen LogP contribution in [0.15, 0.2) is 0 Å². The SMILES string of the molecule is CNCc1nc(C)c2c(n1)CCOCC2. The lowest BCUT2D eigenvalue weighted by atomic mass is 10.1. The normalized spacial score (nSPS) is 15.9. The molecule has 0 amide bonds. The first-order valence-electron chi connectivity index (χ1n) is 5.39. The van der Waals surface area contributed by atoms with Gasteiger partial charge < -0.3 is 10.1 Å². The lowest BCUT2D eigenvalue weighted by Crippen LogP contribution is -2.13. The van der Waals surface area contributed by atoms with E-state index < -0.39 is 0 Å². The lowest BCUT2D eigenvalue weighted by Gasteiger charge is -2.09. The molecule has 1 aliphatic rings. The van der Waals surface area contributed by atoms with Gasteiger partial charge in [-0.05, 0) is 26.0 Å². The number of fused-ring (bicyclic) bond motifs is 1. The molecule has 0 aromatic carbocycles. The number of nitrogens with one attached hydrogen (secondary N) is 1. The second-order valence-electron chi connectivity index (χ2n) is 3.79. The van der Waals surface area contributed by atoms with E-state index in [-0.39, 0.29) is 0 Å². The van der Waals surface area contributed by atoms with Crippen molar-refractivity contribution in [2.24, 2.45) is 0 Å². The number of hydrogen-bond acceptors (Lipinski definition) is 4. The third kappa shape index (κ3) is 2.33. The van der Waals surface area contributed by atoms with Gasteiger partial charge in [0.2, 0.25) is 0 Å². The largest absolute Gasteiger partial charge is 0.381 e. The second-order valence-corrected chi connectivity index (χ2v) is 3.79. The van der Waals surface area contributed by atoms with Crippen LogP contribution in [-0.4, -0.2) is 30.2 Å². The number of aryl methyl sites for hydroxylation is 1. The summed E-state index contributed by atoms with van der Waals surface area (Å²) in [5.41, 5.74) is 3.56. The standard InChI is InChI=1S/C11H17N3O/c1-8-9-3-5-15-6-4-10(9)14-11(13-8)7-12-2/h12H,3-7H2,1-2H3. The Morgan fingerprint density at radius 2 is 2.07 bits per heavy atom. The van der Waals surface area contributed by atoms with Crippen molar-refractivity contribution in [2.45, 2.75) is 26.3 Å². The lowest BCUT2D eigenvalue weighted by molar-refractivity contribution is 0.146. The molecule has 0 atom stereocenters. The maximum Gasteiger partial charge on any atom is 0.142 e. The smallest absolute Gasteiger partial charge is 0.142 e. The summed E-state index contributed by atoms with van der Waals surface area (Å²) >= 11 is 0. The fourth-order valence-corrected chi connectivity index (χ4v) is 1.93. The molecule has 2 heterocycles. The van der Waals surface area contributed by atoms with Crippen LogP contribution < -0.4 is 5.32 Å². The number of nitrogens with zero attached hydrogens (tertiary/aromatic N) is 2. The minimum atomic E-state index is 0.731. The Hall–Kier alpha value is -1.00. The van der Waals surface area contributed by atoms with E-state index in [0.717, 1.165) is 44.1 Å². The van der Waals surface area contributed by atoms with Crippen LogP contribution in [0, 0.1) is 6.92 Å². The molecule has 0 saturated carbocycles. The molecule has 4 heteroatoms. The summed E-state index contributed by atoms with van der Waals surface area (Å²) in [5, 5.41) is 3.08. The highest BCUT2D eigenvalue weighted by molar-refractivity contribution is 5.26. The van der Waals surface area contributed by atoms with E-state index >= 15 is 0 Å². The topological polar surface area (TPSA) is 47.0 Å². The van der Waals surface area contributed by atoms with Crippen LogP contribution in [0.1, 0.15) is 22.8 Å². The van der Waals surface area contributed by atoms with E-state index in [0.29, 0.717) is 0 Å². The minimum Gasteiger partial charge on any atom is -0.381 e. The quantitative estimate of drug-likeness (QED) is 0.772. The molecule has 0 fully saturated rings. The molecule has 0 spiro atoms.